The van der Waals surface area contributed by atoms with Crippen molar-refractivity contribution in [1.82, 2.24) is 10.2 Å². The van der Waals surface area contributed by atoms with Gasteiger partial charge in [0.15, 0.2) is 6.61 Å². The molecule has 0 saturated carbocycles. The fraction of sp³-hybridized carbons (Fsp3) is 0.364. The van der Waals surface area contributed by atoms with E-state index >= 15 is 0 Å². The molecule has 0 radical (unpaired) electrons. The summed E-state index contributed by atoms with van der Waals surface area (Å²) in [6, 6.07) is 15.9. The van der Waals surface area contributed by atoms with Crippen LogP contribution in [0.5, 0.6) is 5.75 Å². The Hall–Kier alpha value is -2.53. The number of halogens is 1. The van der Waals surface area contributed by atoms with Crippen molar-refractivity contribution < 1.29 is 14.3 Å². The number of hydrogen-bond acceptors (Lipinski definition) is 3. The average Bonchev–Trinajstić information content (AvgIpc) is 2.72. The molecule has 5 nitrogen and oxygen atoms in total. The van der Waals surface area contributed by atoms with Gasteiger partial charge < -0.3 is 15.0 Å². The number of hydrogen-bond donors (Lipinski definition) is 1. The van der Waals surface area contributed by atoms with Gasteiger partial charge >= 0.3 is 0 Å². The number of benzene rings is 2. The van der Waals surface area contributed by atoms with Crippen LogP contribution in [0.2, 0.25) is 5.02 Å². The summed E-state index contributed by atoms with van der Waals surface area (Å²) in [6.07, 6.45) is 1.33. The Kier molecular flexibility index (Phi) is 8.82. The fourth-order valence-electron chi connectivity index (χ4n) is 2.84. The molecule has 0 saturated heterocycles. The second-order valence-electron chi connectivity index (χ2n) is 6.43. The van der Waals surface area contributed by atoms with Crippen molar-refractivity contribution in [3.8, 4) is 5.75 Å². The molecule has 1 N–H and O–H groups in total. The smallest absolute Gasteiger partial charge is 0.261 e. The van der Waals surface area contributed by atoms with Gasteiger partial charge in [-0.15, -0.1) is 0 Å². The Morgan fingerprint density at radius 3 is 2.39 bits per heavy atom. The van der Waals surface area contributed by atoms with Gasteiger partial charge in [0, 0.05) is 18.1 Å². The van der Waals surface area contributed by atoms with Crippen molar-refractivity contribution >= 4 is 23.4 Å². The molecule has 6 heteroatoms. The molecular formula is C22H27ClN2O3. The number of carbonyl (C=O) groups is 2. The van der Waals surface area contributed by atoms with E-state index in [1.807, 2.05) is 50.2 Å². The van der Waals surface area contributed by atoms with Gasteiger partial charge in [0.25, 0.3) is 5.91 Å². The van der Waals surface area contributed by atoms with E-state index in [9.17, 15) is 9.59 Å². The minimum atomic E-state index is -0.588. The predicted octanol–water partition coefficient (Wildman–Crippen LogP) is 4.05. The van der Waals surface area contributed by atoms with Gasteiger partial charge in [0.05, 0.1) is 0 Å². The molecule has 1 atom stereocenters. The maximum absolute atomic E-state index is 13.0. The lowest BCUT2D eigenvalue weighted by atomic mass is 10.1. The molecule has 1 unspecified atom stereocenters. The van der Waals surface area contributed by atoms with Gasteiger partial charge in [0.1, 0.15) is 11.8 Å². The molecular weight excluding hydrogens is 376 g/mol. The van der Waals surface area contributed by atoms with Gasteiger partial charge in [-0.3, -0.25) is 9.59 Å². The molecule has 28 heavy (non-hydrogen) atoms. The molecule has 2 aromatic rings. The lowest BCUT2D eigenvalue weighted by molar-refractivity contribution is -0.143. The monoisotopic (exact) mass is 402 g/mol. The van der Waals surface area contributed by atoms with E-state index in [2.05, 4.69) is 5.32 Å². The van der Waals surface area contributed by atoms with Gasteiger partial charge in [0.2, 0.25) is 5.91 Å². The number of para-hydroxylation sites is 1. The maximum atomic E-state index is 13.0. The topological polar surface area (TPSA) is 58.6 Å². The largest absolute Gasteiger partial charge is 0.484 e. The van der Waals surface area contributed by atoms with Crippen molar-refractivity contribution in [2.24, 2.45) is 0 Å². The van der Waals surface area contributed by atoms with E-state index in [0.717, 1.165) is 12.0 Å². The van der Waals surface area contributed by atoms with Crippen molar-refractivity contribution in [2.45, 2.75) is 39.3 Å². The molecule has 0 bridgehead atoms. The second-order valence-corrected chi connectivity index (χ2v) is 6.84. The van der Waals surface area contributed by atoms with Crippen LogP contribution in [0.1, 0.15) is 32.3 Å². The Balaban J connectivity index is 2.19. The van der Waals surface area contributed by atoms with Crippen molar-refractivity contribution in [3.05, 3.63) is 65.2 Å². The molecule has 0 aliphatic carbocycles. The molecule has 0 aromatic heterocycles. The Labute approximate surface area is 171 Å². The predicted molar refractivity (Wildman–Crippen MR) is 111 cm³/mol. The lowest BCUT2D eigenvalue weighted by Gasteiger charge is -2.30. The molecule has 2 amide bonds. The average molecular weight is 403 g/mol. The highest BCUT2D eigenvalue weighted by Gasteiger charge is 2.29. The number of nitrogens with zero attached hydrogens (tertiary/aromatic N) is 1. The van der Waals surface area contributed by atoms with E-state index in [4.69, 9.17) is 16.3 Å². The molecule has 2 aromatic carbocycles. The van der Waals surface area contributed by atoms with Crippen LogP contribution >= 0.6 is 11.6 Å². The van der Waals surface area contributed by atoms with Crippen LogP contribution in [0.25, 0.3) is 0 Å². The standard InChI is InChI=1S/C22H27ClN2O3/c1-3-14-24-22(27)20(4-2)25(15-17-10-8-9-13-19(17)23)21(26)16-28-18-11-6-5-7-12-18/h5-13,20H,3-4,14-16H2,1-2H3,(H,24,27). The highest BCUT2D eigenvalue weighted by molar-refractivity contribution is 6.31. The van der Waals surface area contributed by atoms with E-state index in [1.54, 1.807) is 23.1 Å². The zero-order chi connectivity index (χ0) is 20.4. The molecule has 0 spiro atoms. The van der Waals surface area contributed by atoms with E-state index < -0.39 is 6.04 Å². The summed E-state index contributed by atoms with van der Waals surface area (Å²) < 4.78 is 5.62. The minimum Gasteiger partial charge on any atom is -0.484 e. The summed E-state index contributed by atoms with van der Waals surface area (Å²) in [5, 5.41) is 3.45. The molecule has 0 heterocycles. The minimum absolute atomic E-state index is 0.147. The van der Waals surface area contributed by atoms with Gasteiger partial charge in [-0.1, -0.05) is 61.8 Å². The van der Waals surface area contributed by atoms with E-state index in [1.165, 1.54) is 0 Å². The van der Waals surface area contributed by atoms with Gasteiger partial charge in [-0.25, -0.2) is 0 Å². The maximum Gasteiger partial charge on any atom is 0.261 e. The molecule has 0 aliphatic heterocycles. The number of rotatable bonds is 10. The van der Waals surface area contributed by atoms with Crippen molar-refractivity contribution in [1.29, 1.82) is 0 Å². The Bertz CT molecular complexity index is 767. The summed E-state index contributed by atoms with van der Waals surface area (Å²) in [7, 11) is 0. The number of nitrogens with one attached hydrogen (secondary N) is 1. The summed E-state index contributed by atoms with van der Waals surface area (Å²) >= 11 is 6.29. The number of carbonyl (C=O) groups excluding carboxylic acids is 2. The van der Waals surface area contributed by atoms with Crippen LogP contribution in [0.15, 0.2) is 54.6 Å². The highest BCUT2D eigenvalue weighted by Crippen LogP contribution is 2.20. The summed E-state index contributed by atoms with van der Waals surface area (Å²) in [5.41, 5.74) is 0.791. The first-order valence-corrected chi connectivity index (χ1v) is 9.93. The lowest BCUT2D eigenvalue weighted by Crippen LogP contribution is -2.50. The molecule has 0 aliphatic rings. The summed E-state index contributed by atoms with van der Waals surface area (Å²) in [5.74, 6) is 0.184. The van der Waals surface area contributed by atoms with Crippen LogP contribution in [0.4, 0.5) is 0 Å². The summed E-state index contributed by atoms with van der Waals surface area (Å²) in [6.45, 7) is 4.55. The molecule has 2 rings (SSSR count). The zero-order valence-corrected chi connectivity index (χ0v) is 17.1. The first-order chi connectivity index (χ1) is 13.6. The zero-order valence-electron chi connectivity index (χ0n) is 16.4. The van der Waals surface area contributed by atoms with Gasteiger partial charge in [-0.05, 0) is 36.6 Å². The third kappa shape index (κ3) is 6.27. The van der Waals surface area contributed by atoms with Crippen LogP contribution in [-0.4, -0.2) is 35.9 Å². The second kappa shape index (κ2) is 11.3. The SMILES string of the molecule is CCCNC(=O)C(CC)N(Cc1ccccc1Cl)C(=O)COc1ccccc1. The number of ether oxygens (including phenoxy) is 1. The number of amides is 2. The third-order valence-corrected chi connectivity index (χ3v) is 4.71. The van der Waals surface area contributed by atoms with Crippen molar-refractivity contribution in [2.75, 3.05) is 13.2 Å². The molecule has 150 valence electrons. The fourth-order valence-corrected chi connectivity index (χ4v) is 3.04. The quantitative estimate of drug-likeness (QED) is 0.652. The van der Waals surface area contributed by atoms with Crippen LogP contribution in [0.3, 0.4) is 0 Å². The van der Waals surface area contributed by atoms with Crippen LogP contribution in [0, 0.1) is 0 Å². The highest BCUT2D eigenvalue weighted by atomic mass is 35.5. The third-order valence-electron chi connectivity index (χ3n) is 4.34. The van der Waals surface area contributed by atoms with Crippen molar-refractivity contribution in [3.63, 3.8) is 0 Å². The Morgan fingerprint density at radius 2 is 1.75 bits per heavy atom. The van der Waals surface area contributed by atoms with Crippen LogP contribution in [-0.2, 0) is 16.1 Å². The normalized spacial score (nSPS) is 11.5. The van der Waals surface area contributed by atoms with E-state index in [-0.39, 0.29) is 25.0 Å². The first kappa shape index (κ1) is 21.8. The molecule has 0 fully saturated rings. The summed E-state index contributed by atoms with van der Waals surface area (Å²) in [4.78, 5) is 27.2. The van der Waals surface area contributed by atoms with Gasteiger partial charge in [-0.2, -0.15) is 0 Å². The Morgan fingerprint density at radius 1 is 1.07 bits per heavy atom. The van der Waals surface area contributed by atoms with E-state index in [0.29, 0.717) is 23.7 Å². The van der Waals surface area contributed by atoms with Crippen LogP contribution < -0.4 is 10.1 Å². The first-order valence-electron chi connectivity index (χ1n) is 9.55.